The van der Waals surface area contributed by atoms with Crippen molar-refractivity contribution in [1.82, 2.24) is 0 Å². The molecule has 3 rings (SSSR count). The summed E-state index contributed by atoms with van der Waals surface area (Å²) in [4.78, 5) is 2.15. The zero-order valence-electron chi connectivity index (χ0n) is 12.9. The van der Waals surface area contributed by atoms with E-state index in [2.05, 4.69) is 67.5 Å². The number of hydrogen-bond donors (Lipinski definition) is 0. The Kier molecular flexibility index (Phi) is 5.93. The SMILES string of the molecule is CN(C)c1c(-c2[c-]cccc2)[c-]ccc1-c1ccccc1.[Y]. The van der Waals surface area contributed by atoms with Gasteiger partial charge in [0.05, 0.1) is 0 Å². The summed E-state index contributed by atoms with van der Waals surface area (Å²) >= 11 is 0. The third-order valence-electron chi connectivity index (χ3n) is 3.48. The molecule has 0 atom stereocenters. The van der Waals surface area contributed by atoms with Crippen LogP contribution in [0.3, 0.4) is 0 Å². The van der Waals surface area contributed by atoms with Gasteiger partial charge in [-0.1, -0.05) is 41.6 Å². The van der Waals surface area contributed by atoms with E-state index < -0.39 is 0 Å². The van der Waals surface area contributed by atoms with E-state index in [1.807, 2.05) is 30.3 Å². The fraction of sp³-hybridized carbons (Fsp3) is 0.100. The van der Waals surface area contributed by atoms with Crippen molar-refractivity contribution in [2.45, 2.75) is 0 Å². The van der Waals surface area contributed by atoms with Gasteiger partial charge in [0, 0.05) is 32.7 Å². The molecule has 0 saturated heterocycles. The molecular weight excluding hydrogens is 343 g/mol. The minimum absolute atomic E-state index is 0. The van der Waals surface area contributed by atoms with E-state index in [1.54, 1.807) is 0 Å². The molecule has 1 nitrogen and oxygen atoms in total. The Bertz CT molecular complexity index is 663. The summed E-state index contributed by atoms with van der Waals surface area (Å²) in [6.07, 6.45) is 0. The molecule has 22 heavy (non-hydrogen) atoms. The molecule has 0 aromatic heterocycles. The van der Waals surface area contributed by atoms with Gasteiger partial charge < -0.3 is 4.90 Å². The molecule has 0 N–H and O–H groups in total. The van der Waals surface area contributed by atoms with Crippen LogP contribution in [0.1, 0.15) is 0 Å². The average Bonchev–Trinajstić information content (AvgIpc) is 2.55. The molecule has 0 aliphatic heterocycles. The fourth-order valence-corrected chi connectivity index (χ4v) is 2.56. The number of benzene rings is 3. The Morgan fingerprint density at radius 2 is 1.50 bits per heavy atom. The quantitative estimate of drug-likeness (QED) is 0.613. The van der Waals surface area contributed by atoms with Crippen molar-refractivity contribution in [3.8, 4) is 22.3 Å². The Hall–Kier alpha value is -1.44. The maximum Gasteiger partial charge on any atom is 0 e. The normalized spacial score (nSPS) is 9.91. The molecule has 0 unspecified atom stereocenters. The summed E-state index contributed by atoms with van der Waals surface area (Å²) < 4.78 is 0. The van der Waals surface area contributed by atoms with Crippen LogP contribution in [0.5, 0.6) is 0 Å². The third-order valence-corrected chi connectivity index (χ3v) is 3.48. The van der Waals surface area contributed by atoms with Crippen LogP contribution in [0.25, 0.3) is 22.3 Å². The summed E-state index contributed by atoms with van der Waals surface area (Å²) in [5, 5.41) is 0. The van der Waals surface area contributed by atoms with Gasteiger partial charge >= 0.3 is 0 Å². The van der Waals surface area contributed by atoms with E-state index in [-0.39, 0.29) is 32.7 Å². The molecule has 0 aliphatic carbocycles. The maximum absolute atomic E-state index is 3.37. The van der Waals surface area contributed by atoms with Crippen molar-refractivity contribution >= 4 is 5.69 Å². The Labute approximate surface area is 157 Å². The van der Waals surface area contributed by atoms with Crippen LogP contribution in [0.2, 0.25) is 0 Å². The number of hydrogen-bond acceptors (Lipinski definition) is 1. The van der Waals surface area contributed by atoms with Gasteiger partial charge in [0.15, 0.2) is 0 Å². The molecule has 0 heterocycles. The zero-order chi connectivity index (χ0) is 14.7. The van der Waals surface area contributed by atoms with Crippen LogP contribution in [-0.4, -0.2) is 14.1 Å². The van der Waals surface area contributed by atoms with Gasteiger partial charge in [-0.2, -0.15) is 36.4 Å². The van der Waals surface area contributed by atoms with Gasteiger partial charge in [-0.3, -0.25) is 0 Å². The van der Waals surface area contributed by atoms with Crippen LogP contribution in [0.4, 0.5) is 5.69 Å². The molecule has 3 aromatic rings. The van der Waals surface area contributed by atoms with E-state index in [0.29, 0.717) is 0 Å². The summed E-state index contributed by atoms with van der Waals surface area (Å²) in [6, 6.07) is 29.3. The fourth-order valence-electron chi connectivity index (χ4n) is 2.56. The maximum atomic E-state index is 3.37. The first-order chi connectivity index (χ1) is 10.3. The monoisotopic (exact) mass is 360 g/mol. The second kappa shape index (κ2) is 7.71. The van der Waals surface area contributed by atoms with E-state index in [4.69, 9.17) is 0 Å². The standard InChI is InChI=1S/C20H17N.Y/c1-21(2)20-18(16-10-5-3-6-11-16)14-9-15-19(20)17-12-7-4-8-13-17;/h3-12,14H,1-2H3;/q-2;. The van der Waals surface area contributed by atoms with Gasteiger partial charge in [-0.05, 0) is 19.7 Å². The Morgan fingerprint density at radius 3 is 2.14 bits per heavy atom. The number of anilines is 1. The third kappa shape index (κ3) is 3.48. The van der Waals surface area contributed by atoms with E-state index in [1.165, 1.54) is 16.8 Å². The summed E-state index contributed by atoms with van der Waals surface area (Å²) in [6.45, 7) is 0. The molecule has 0 spiro atoms. The van der Waals surface area contributed by atoms with Crippen LogP contribution >= 0.6 is 0 Å². The summed E-state index contributed by atoms with van der Waals surface area (Å²) in [5.74, 6) is 0. The van der Waals surface area contributed by atoms with Crippen LogP contribution in [-0.2, 0) is 32.7 Å². The first-order valence-electron chi connectivity index (χ1n) is 7.02. The molecule has 0 saturated carbocycles. The van der Waals surface area contributed by atoms with Crippen LogP contribution in [0.15, 0.2) is 66.7 Å². The van der Waals surface area contributed by atoms with Crippen molar-refractivity contribution in [2.24, 2.45) is 0 Å². The second-order valence-corrected chi connectivity index (χ2v) is 5.15. The van der Waals surface area contributed by atoms with Crippen molar-refractivity contribution in [3.05, 3.63) is 78.9 Å². The van der Waals surface area contributed by atoms with Crippen molar-refractivity contribution in [3.63, 3.8) is 0 Å². The minimum atomic E-state index is 0. The van der Waals surface area contributed by atoms with E-state index in [9.17, 15) is 0 Å². The number of nitrogens with zero attached hydrogens (tertiary/aromatic N) is 1. The van der Waals surface area contributed by atoms with Gasteiger partial charge in [0.2, 0.25) is 0 Å². The molecule has 2 heteroatoms. The largest absolute Gasteiger partial charge is 0.423 e. The second-order valence-electron chi connectivity index (χ2n) is 5.15. The van der Waals surface area contributed by atoms with E-state index >= 15 is 0 Å². The predicted molar refractivity (Wildman–Crippen MR) is 89.3 cm³/mol. The average molecular weight is 360 g/mol. The molecule has 3 aromatic carbocycles. The first-order valence-corrected chi connectivity index (χ1v) is 7.02. The van der Waals surface area contributed by atoms with Gasteiger partial charge in [0.25, 0.3) is 0 Å². The number of rotatable bonds is 3. The van der Waals surface area contributed by atoms with Crippen molar-refractivity contribution in [1.29, 1.82) is 0 Å². The smallest absolute Gasteiger partial charge is 0 e. The zero-order valence-corrected chi connectivity index (χ0v) is 15.7. The first kappa shape index (κ1) is 16.9. The van der Waals surface area contributed by atoms with E-state index in [0.717, 1.165) is 11.1 Å². The summed E-state index contributed by atoms with van der Waals surface area (Å²) in [7, 11) is 4.14. The predicted octanol–water partition coefficient (Wildman–Crippen LogP) is 4.68. The Morgan fingerprint density at radius 1 is 0.773 bits per heavy atom. The molecule has 1 radical (unpaired) electrons. The minimum Gasteiger partial charge on any atom is -0.423 e. The molecule has 0 fully saturated rings. The molecule has 0 amide bonds. The molecule has 0 bridgehead atoms. The topological polar surface area (TPSA) is 3.24 Å². The molecular formula is C20H17NY-2. The van der Waals surface area contributed by atoms with Gasteiger partial charge in [-0.25, -0.2) is 11.1 Å². The summed E-state index contributed by atoms with van der Waals surface area (Å²) in [5.41, 5.74) is 5.76. The van der Waals surface area contributed by atoms with Crippen molar-refractivity contribution < 1.29 is 32.7 Å². The van der Waals surface area contributed by atoms with Gasteiger partial charge in [0.1, 0.15) is 0 Å². The molecule has 107 valence electrons. The van der Waals surface area contributed by atoms with Gasteiger partial charge in [-0.15, -0.1) is 12.1 Å². The van der Waals surface area contributed by atoms with Crippen LogP contribution < -0.4 is 4.90 Å². The van der Waals surface area contributed by atoms with Crippen molar-refractivity contribution in [2.75, 3.05) is 19.0 Å². The van der Waals surface area contributed by atoms with Crippen LogP contribution in [0, 0.1) is 12.1 Å². The Balaban J connectivity index is 0.00000176. The molecule has 0 aliphatic rings.